The molecule has 1 N–H and O–H groups in total. The average Bonchev–Trinajstić information content (AvgIpc) is 2.65. The zero-order chi connectivity index (χ0) is 14.4. The third kappa shape index (κ3) is 1.84. The van der Waals surface area contributed by atoms with Gasteiger partial charge in [0.05, 0.1) is 5.69 Å². The van der Waals surface area contributed by atoms with Crippen molar-refractivity contribution in [1.29, 1.82) is 0 Å². The number of imide groups is 1. The van der Waals surface area contributed by atoms with Crippen LogP contribution in [0.4, 0.5) is 10.5 Å². The highest BCUT2D eigenvalue weighted by Crippen LogP contribution is 2.29. The van der Waals surface area contributed by atoms with Crippen LogP contribution in [-0.4, -0.2) is 41.9 Å². The number of nitrogens with one attached hydrogen (secondary N) is 1. The van der Waals surface area contributed by atoms with Gasteiger partial charge < -0.3 is 10.2 Å². The number of piperazine rings is 1. The normalized spacial score (nSPS) is 22.1. The van der Waals surface area contributed by atoms with Crippen LogP contribution in [-0.2, 0) is 9.59 Å². The molecule has 104 valence electrons. The molecule has 6 nitrogen and oxygen atoms in total. The topological polar surface area (TPSA) is 69.7 Å². The summed E-state index contributed by atoms with van der Waals surface area (Å²) in [6.45, 7) is 1.90. The molecule has 1 unspecified atom stereocenters. The van der Waals surface area contributed by atoms with Crippen LogP contribution in [0.3, 0.4) is 0 Å². The number of aryl methyl sites for hydroxylation is 1. The highest BCUT2D eigenvalue weighted by Gasteiger charge is 2.48. The lowest BCUT2D eigenvalue weighted by Gasteiger charge is -2.26. The number of rotatable bonds is 1. The fourth-order valence-electron chi connectivity index (χ4n) is 2.39. The lowest BCUT2D eigenvalue weighted by atomic mass is 10.2. The van der Waals surface area contributed by atoms with E-state index in [0.717, 1.165) is 10.5 Å². The first kappa shape index (κ1) is 12.9. The van der Waals surface area contributed by atoms with Gasteiger partial charge in [-0.05, 0) is 24.6 Å². The van der Waals surface area contributed by atoms with Crippen molar-refractivity contribution in [3.63, 3.8) is 0 Å². The number of benzene rings is 1. The molecule has 0 saturated carbocycles. The van der Waals surface area contributed by atoms with Gasteiger partial charge in [0.15, 0.2) is 0 Å². The molecule has 0 aromatic heterocycles. The summed E-state index contributed by atoms with van der Waals surface area (Å²) in [6, 6.07) is 3.90. The van der Waals surface area contributed by atoms with Crippen molar-refractivity contribution in [2.24, 2.45) is 0 Å². The van der Waals surface area contributed by atoms with Gasteiger partial charge in [-0.15, -0.1) is 0 Å². The van der Waals surface area contributed by atoms with Crippen LogP contribution in [0.15, 0.2) is 18.2 Å². The number of carbonyl (C=O) groups excluding carboxylic acids is 3. The highest BCUT2D eigenvalue weighted by molar-refractivity contribution is 6.32. The summed E-state index contributed by atoms with van der Waals surface area (Å²) < 4.78 is 0. The van der Waals surface area contributed by atoms with E-state index in [1.54, 1.807) is 18.2 Å². The number of fused-ring (bicyclic) bond motifs is 1. The largest absolute Gasteiger partial charge is 0.352 e. The first-order valence-corrected chi connectivity index (χ1v) is 6.54. The van der Waals surface area contributed by atoms with Crippen molar-refractivity contribution in [3.8, 4) is 0 Å². The van der Waals surface area contributed by atoms with Crippen molar-refractivity contribution in [3.05, 3.63) is 28.8 Å². The minimum atomic E-state index is -0.625. The molecule has 2 heterocycles. The van der Waals surface area contributed by atoms with Gasteiger partial charge >= 0.3 is 6.03 Å². The zero-order valence-corrected chi connectivity index (χ0v) is 11.5. The monoisotopic (exact) mass is 293 g/mol. The summed E-state index contributed by atoms with van der Waals surface area (Å²) in [5.41, 5.74) is 1.29. The number of nitrogens with zero attached hydrogens (tertiary/aromatic N) is 2. The van der Waals surface area contributed by atoms with Crippen LogP contribution < -0.4 is 10.2 Å². The van der Waals surface area contributed by atoms with E-state index in [-0.39, 0.29) is 24.9 Å². The van der Waals surface area contributed by atoms with Crippen LogP contribution in [0.1, 0.15) is 5.56 Å². The van der Waals surface area contributed by atoms with Gasteiger partial charge in [-0.25, -0.2) is 9.69 Å². The Bertz CT molecular complexity index is 631. The number of amides is 4. The first-order valence-electron chi connectivity index (χ1n) is 6.16. The summed E-state index contributed by atoms with van der Waals surface area (Å²) in [4.78, 5) is 38.3. The third-order valence-electron chi connectivity index (χ3n) is 3.54. The molecule has 2 aliphatic heterocycles. The fraction of sp³-hybridized carbons (Fsp3) is 0.308. The summed E-state index contributed by atoms with van der Waals surface area (Å²) in [6.07, 6.45) is 0. The summed E-state index contributed by atoms with van der Waals surface area (Å²) >= 11 is 6.03. The van der Waals surface area contributed by atoms with Gasteiger partial charge in [-0.1, -0.05) is 17.7 Å². The maximum Gasteiger partial charge on any atom is 0.332 e. The van der Waals surface area contributed by atoms with Crippen molar-refractivity contribution < 1.29 is 14.4 Å². The van der Waals surface area contributed by atoms with Gasteiger partial charge in [0.25, 0.3) is 5.91 Å². The predicted octanol–water partition coefficient (Wildman–Crippen LogP) is 0.915. The van der Waals surface area contributed by atoms with Gasteiger partial charge in [0.2, 0.25) is 5.91 Å². The number of carbonyl (C=O) groups is 3. The molecule has 20 heavy (non-hydrogen) atoms. The Hall–Kier alpha value is -2.08. The van der Waals surface area contributed by atoms with E-state index >= 15 is 0 Å². The van der Waals surface area contributed by atoms with Crippen LogP contribution >= 0.6 is 11.6 Å². The summed E-state index contributed by atoms with van der Waals surface area (Å²) in [5.74, 6) is -0.596. The third-order valence-corrected chi connectivity index (χ3v) is 3.95. The Morgan fingerprint density at radius 3 is 2.75 bits per heavy atom. The predicted molar refractivity (Wildman–Crippen MR) is 72.6 cm³/mol. The van der Waals surface area contributed by atoms with Crippen LogP contribution in [0.5, 0.6) is 0 Å². The Labute approximate surface area is 120 Å². The Kier molecular flexibility index (Phi) is 2.90. The molecular weight excluding hydrogens is 282 g/mol. The minimum absolute atomic E-state index is 0.0919. The quantitative estimate of drug-likeness (QED) is 0.783. The second-order valence-corrected chi connectivity index (χ2v) is 5.24. The number of halogens is 1. The molecule has 0 spiro atoms. The summed E-state index contributed by atoms with van der Waals surface area (Å²) in [5, 5.41) is 3.08. The van der Waals surface area contributed by atoms with Crippen LogP contribution in [0, 0.1) is 6.92 Å². The maximum atomic E-state index is 12.3. The second-order valence-electron chi connectivity index (χ2n) is 4.84. The average molecular weight is 294 g/mol. The molecule has 1 aromatic rings. The van der Waals surface area contributed by atoms with E-state index < -0.39 is 12.1 Å². The number of hydrogen-bond donors (Lipinski definition) is 1. The molecule has 1 atom stereocenters. The molecule has 3 rings (SSSR count). The molecule has 7 heteroatoms. The number of hydrogen-bond acceptors (Lipinski definition) is 3. The molecule has 0 radical (unpaired) electrons. The standard InChI is InChI=1S/C13H12ClN3O3/c1-7-2-3-8(4-9(7)14)17-12(19)10-5-15-11(18)6-16(10)13(17)20/h2-4,10H,5-6H2,1H3,(H,15,18). The van der Waals surface area contributed by atoms with E-state index in [2.05, 4.69) is 5.32 Å². The molecular formula is C13H12ClN3O3. The number of urea groups is 1. The Balaban J connectivity index is 1.98. The smallest absolute Gasteiger partial charge is 0.332 e. The van der Waals surface area contributed by atoms with Crippen LogP contribution in [0.2, 0.25) is 5.02 Å². The maximum absolute atomic E-state index is 12.3. The van der Waals surface area contributed by atoms with Crippen molar-refractivity contribution in [2.45, 2.75) is 13.0 Å². The van der Waals surface area contributed by atoms with E-state index in [4.69, 9.17) is 11.6 Å². The molecule has 2 aliphatic rings. The SMILES string of the molecule is Cc1ccc(N2C(=O)C3CNC(=O)CN3C2=O)cc1Cl. The van der Waals surface area contributed by atoms with Crippen molar-refractivity contribution in [2.75, 3.05) is 18.0 Å². The van der Waals surface area contributed by atoms with Crippen LogP contribution in [0.25, 0.3) is 0 Å². The molecule has 0 aliphatic carbocycles. The summed E-state index contributed by atoms with van der Waals surface area (Å²) in [7, 11) is 0. The molecule has 2 fully saturated rings. The zero-order valence-electron chi connectivity index (χ0n) is 10.7. The number of anilines is 1. The first-order chi connectivity index (χ1) is 9.49. The lowest BCUT2D eigenvalue weighted by Crippen LogP contribution is -2.54. The molecule has 4 amide bonds. The van der Waals surface area contributed by atoms with E-state index in [1.165, 1.54) is 4.90 Å². The lowest BCUT2D eigenvalue weighted by molar-refractivity contribution is -0.126. The Morgan fingerprint density at radius 2 is 2.05 bits per heavy atom. The van der Waals surface area contributed by atoms with Crippen molar-refractivity contribution in [1.82, 2.24) is 10.2 Å². The fourth-order valence-corrected chi connectivity index (χ4v) is 2.57. The Morgan fingerprint density at radius 1 is 1.30 bits per heavy atom. The van der Waals surface area contributed by atoms with Gasteiger partial charge in [-0.3, -0.25) is 9.59 Å². The van der Waals surface area contributed by atoms with E-state index in [9.17, 15) is 14.4 Å². The molecule has 2 saturated heterocycles. The van der Waals surface area contributed by atoms with Gasteiger partial charge in [-0.2, -0.15) is 0 Å². The van der Waals surface area contributed by atoms with Gasteiger partial charge in [0.1, 0.15) is 12.6 Å². The molecule has 1 aromatic carbocycles. The second kappa shape index (κ2) is 4.49. The minimum Gasteiger partial charge on any atom is -0.352 e. The van der Waals surface area contributed by atoms with E-state index in [1.807, 2.05) is 6.92 Å². The van der Waals surface area contributed by atoms with E-state index in [0.29, 0.717) is 10.7 Å². The molecule has 0 bridgehead atoms. The van der Waals surface area contributed by atoms with Crippen molar-refractivity contribution >= 4 is 35.1 Å². The highest BCUT2D eigenvalue weighted by atomic mass is 35.5. The van der Waals surface area contributed by atoms with Gasteiger partial charge in [0, 0.05) is 11.6 Å².